The number of quaternary nitrogens is 1. The average Bonchev–Trinajstić information content (AvgIpc) is 3.18. The van der Waals surface area contributed by atoms with Gasteiger partial charge >= 0.3 is 11.8 Å². The number of hydrogen-bond acceptors (Lipinski definition) is 8. The van der Waals surface area contributed by atoms with Gasteiger partial charge in [0, 0.05) is 23.3 Å². The fourth-order valence-corrected chi connectivity index (χ4v) is 6.08. The number of imide groups is 1. The van der Waals surface area contributed by atoms with Crippen molar-refractivity contribution in [2.24, 2.45) is 5.92 Å². The number of nitrogens with zero attached hydrogens (tertiary/aromatic N) is 2. The number of aryl methyl sites for hydroxylation is 1. The number of unbranched alkanes of at least 4 members (excludes halogenated alkanes) is 1. The molecule has 210 valence electrons. The van der Waals surface area contributed by atoms with Crippen LogP contribution in [-0.4, -0.2) is 42.1 Å². The number of nitrogens with one attached hydrogen (secondary N) is 1. The van der Waals surface area contributed by atoms with Gasteiger partial charge in [-0.15, -0.1) is 0 Å². The van der Waals surface area contributed by atoms with Crippen LogP contribution in [0.5, 0.6) is 0 Å². The highest BCUT2D eigenvalue weighted by molar-refractivity contribution is 7.90. The Morgan fingerprint density at radius 1 is 1.00 bits per heavy atom. The van der Waals surface area contributed by atoms with E-state index < -0.39 is 50.5 Å². The van der Waals surface area contributed by atoms with E-state index in [0.29, 0.717) is 11.8 Å². The molecule has 1 aromatic heterocycles. The molecule has 0 saturated carbocycles. The standard InChI is InChI=1S/C30H27N3O7S/c1-3-4-12-25(34)22-17-26(35)33(38,30(22)37)24-11-7-9-21-27(20-8-5-6-10-23(20)31-28(21)24)29(36)32-41(39,40)19-15-13-18(2)14-16-19/h5-11,13-16,22,38H,3-4,12,17H2,1-2H3/p+1. The zero-order valence-corrected chi connectivity index (χ0v) is 23.3. The average molecular weight is 575 g/mol. The molecule has 1 aliphatic heterocycles. The number of rotatable bonds is 8. The summed E-state index contributed by atoms with van der Waals surface area (Å²) in [4.78, 5) is 57.4. The number of sulfonamides is 1. The minimum atomic E-state index is -4.26. The Labute approximate surface area is 236 Å². The monoisotopic (exact) mass is 574 g/mol. The lowest BCUT2D eigenvalue weighted by Gasteiger charge is -2.21. The molecule has 2 atom stereocenters. The van der Waals surface area contributed by atoms with Crippen molar-refractivity contribution in [3.63, 3.8) is 0 Å². The minimum absolute atomic E-state index is 0.0464. The number of hydrogen-bond donors (Lipinski definition) is 2. The lowest BCUT2D eigenvalue weighted by atomic mass is 9.98. The van der Waals surface area contributed by atoms with Crippen molar-refractivity contribution >= 4 is 61.0 Å². The van der Waals surface area contributed by atoms with Crippen LogP contribution in [0.3, 0.4) is 0 Å². The first-order chi connectivity index (χ1) is 19.5. The zero-order valence-electron chi connectivity index (χ0n) is 22.5. The number of amides is 3. The first-order valence-electron chi connectivity index (χ1n) is 13.2. The van der Waals surface area contributed by atoms with Crippen LogP contribution >= 0.6 is 0 Å². The van der Waals surface area contributed by atoms with Crippen molar-refractivity contribution in [1.29, 1.82) is 0 Å². The molecule has 1 aliphatic rings. The van der Waals surface area contributed by atoms with Crippen LogP contribution in [-0.2, 0) is 24.4 Å². The van der Waals surface area contributed by atoms with Crippen LogP contribution in [0.15, 0.2) is 71.6 Å². The predicted octanol–water partition coefficient (Wildman–Crippen LogP) is 4.34. The van der Waals surface area contributed by atoms with Gasteiger partial charge in [0.2, 0.25) is 5.69 Å². The molecule has 1 fully saturated rings. The molecular weight excluding hydrogens is 546 g/mol. The number of aromatic nitrogens is 1. The van der Waals surface area contributed by atoms with Crippen LogP contribution in [0.1, 0.15) is 48.5 Å². The SMILES string of the molecule is CCCCC(=O)C1CC(=O)[N+](O)(c2cccc3c(C(=O)NS(=O)(=O)c4ccc(C)cc4)c4ccccc4nc23)C1=O. The third kappa shape index (κ3) is 4.82. The van der Waals surface area contributed by atoms with Crippen molar-refractivity contribution in [2.75, 3.05) is 0 Å². The summed E-state index contributed by atoms with van der Waals surface area (Å²) in [6.45, 7) is 3.70. The van der Waals surface area contributed by atoms with Crippen LogP contribution in [0.2, 0.25) is 0 Å². The highest BCUT2D eigenvalue weighted by atomic mass is 32.2. The number of fused-ring (bicyclic) bond motifs is 2. The number of benzene rings is 3. The van der Waals surface area contributed by atoms with Gasteiger partial charge in [-0.3, -0.25) is 9.59 Å². The molecule has 41 heavy (non-hydrogen) atoms. The lowest BCUT2D eigenvalue weighted by molar-refractivity contribution is -0.169. The van der Waals surface area contributed by atoms with E-state index in [1.165, 1.54) is 30.3 Å². The second-order valence-corrected chi connectivity index (χ2v) is 11.8. The normalized spacial score (nSPS) is 19.1. The molecule has 2 N–H and O–H groups in total. The van der Waals surface area contributed by atoms with Crippen LogP contribution in [0.4, 0.5) is 5.69 Å². The molecule has 0 aliphatic carbocycles. The summed E-state index contributed by atoms with van der Waals surface area (Å²) in [5.74, 6) is -4.54. The van der Waals surface area contributed by atoms with E-state index in [1.54, 1.807) is 43.3 Å². The van der Waals surface area contributed by atoms with Crippen LogP contribution < -0.4 is 9.37 Å². The zero-order chi connectivity index (χ0) is 29.5. The number of hydroxylamine groups is 2. The largest absolute Gasteiger partial charge is 0.369 e. The van der Waals surface area contributed by atoms with Gasteiger partial charge < -0.3 is 0 Å². The number of para-hydroxylation sites is 2. The Hall–Kier alpha value is -4.32. The molecule has 2 heterocycles. The van der Waals surface area contributed by atoms with Gasteiger partial charge in [0.05, 0.1) is 22.4 Å². The summed E-state index contributed by atoms with van der Waals surface area (Å²) in [6.07, 6.45) is 0.931. The number of carbonyl (C=O) groups is 4. The second kappa shape index (κ2) is 10.6. The van der Waals surface area contributed by atoms with Crippen molar-refractivity contribution in [3.8, 4) is 0 Å². The Morgan fingerprint density at radius 2 is 1.68 bits per heavy atom. The quantitative estimate of drug-likeness (QED) is 0.104. The maximum Gasteiger partial charge on any atom is 0.369 e. The summed E-state index contributed by atoms with van der Waals surface area (Å²) < 4.78 is 26.5. The topological polar surface area (TPSA) is 148 Å². The van der Waals surface area contributed by atoms with Crippen LogP contribution in [0.25, 0.3) is 21.8 Å². The lowest BCUT2D eigenvalue weighted by Crippen LogP contribution is -2.52. The fourth-order valence-electron chi connectivity index (χ4n) is 5.13. The van der Waals surface area contributed by atoms with E-state index in [2.05, 4.69) is 9.71 Å². The van der Waals surface area contributed by atoms with Gasteiger partial charge in [0.1, 0.15) is 17.2 Å². The predicted molar refractivity (Wildman–Crippen MR) is 151 cm³/mol. The molecular formula is C30H28N3O7S+. The smallest absolute Gasteiger partial charge is 0.299 e. The van der Waals surface area contributed by atoms with Crippen molar-refractivity contribution in [2.45, 2.75) is 44.4 Å². The molecule has 0 spiro atoms. The van der Waals surface area contributed by atoms with E-state index in [1.807, 2.05) is 6.92 Å². The highest BCUT2D eigenvalue weighted by Crippen LogP contribution is 2.39. The number of Topliss-reactive ketones (excluding diaryl/α,β-unsaturated/α-hetero) is 1. The molecule has 10 nitrogen and oxygen atoms in total. The Morgan fingerprint density at radius 3 is 2.39 bits per heavy atom. The Kier molecular flexibility index (Phi) is 7.28. The third-order valence-electron chi connectivity index (χ3n) is 7.35. The maximum atomic E-state index is 13.6. The van der Waals surface area contributed by atoms with E-state index in [9.17, 15) is 32.8 Å². The van der Waals surface area contributed by atoms with Gasteiger partial charge in [-0.2, -0.15) is 5.21 Å². The summed E-state index contributed by atoms with van der Waals surface area (Å²) in [6, 6.07) is 16.7. The number of pyridine rings is 1. The second-order valence-electron chi connectivity index (χ2n) is 10.1. The summed E-state index contributed by atoms with van der Waals surface area (Å²) in [7, 11) is -4.26. The van der Waals surface area contributed by atoms with E-state index in [-0.39, 0.29) is 39.0 Å². The molecule has 0 radical (unpaired) electrons. The van der Waals surface area contributed by atoms with Gasteiger partial charge in [-0.1, -0.05) is 61.4 Å². The van der Waals surface area contributed by atoms with Gasteiger partial charge in [-0.25, -0.2) is 27.7 Å². The molecule has 4 aromatic rings. The molecule has 11 heteroatoms. The fraction of sp³-hybridized carbons (Fsp3) is 0.233. The Bertz CT molecular complexity index is 1850. The van der Waals surface area contributed by atoms with Gasteiger partial charge in [0.15, 0.2) is 0 Å². The molecule has 2 unspecified atom stereocenters. The first-order valence-corrected chi connectivity index (χ1v) is 14.7. The van der Waals surface area contributed by atoms with Gasteiger partial charge in [-0.05, 0) is 36.2 Å². The van der Waals surface area contributed by atoms with Crippen molar-refractivity contribution in [1.82, 2.24) is 14.4 Å². The third-order valence-corrected chi connectivity index (χ3v) is 8.69. The minimum Gasteiger partial charge on any atom is -0.299 e. The molecule has 1 saturated heterocycles. The highest BCUT2D eigenvalue weighted by Gasteiger charge is 2.60. The molecule has 5 rings (SSSR count). The summed E-state index contributed by atoms with van der Waals surface area (Å²) in [5.41, 5.74) is 0.783. The Balaban J connectivity index is 1.66. The molecule has 0 bridgehead atoms. The summed E-state index contributed by atoms with van der Waals surface area (Å²) >= 11 is 0. The van der Waals surface area contributed by atoms with E-state index >= 15 is 0 Å². The number of carbonyl (C=O) groups excluding carboxylic acids is 4. The van der Waals surface area contributed by atoms with E-state index in [0.717, 1.165) is 12.0 Å². The van der Waals surface area contributed by atoms with Crippen molar-refractivity contribution in [3.05, 3.63) is 77.9 Å². The maximum absolute atomic E-state index is 13.6. The van der Waals surface area contributed by atoms with E-state index in [4.69, 9.17) is 0 Å². The summed E-state index contributed by atoms with van der Waals surface area (Å²) in [5, 5.41) is 12.0. The molecule has 3 amide bonds. The first kappa shape index (κ1) is 28.2. The molecule has 3 aromatic carbocycles. The number of ketones is 1. The van der Waals surface area contributed by atoms with Crippen LogP contribution in [0, 0.1) is 12.8 Å². The van der Waals surface area contributed by atoms with Gasteiger partial charge in [0.25, 0.3) is 15.9 Å². The van der Waals surface area contributed by atoms with Crippen molar-refractivity contribution < 1.29 is 32.8 Å².